The Hall–Kier alpha value is -1.75. The lowest BCUT2D eigenvalue weighted by Crippen LogP contribution is -2.60. The van der Waals surface area contributed by atoms with Crippen LogP contribution in [0.4, 0.5) is 0 Å². The van der Waals surface area contributed by atoms with Crippen LogP contribution in [0.25, 0.3) is 0 Å². The molecule has 6 heterocycles. The van der Waals surface area contributed by atoms with Crippen LogP contribution in [0.5, 0.6) is 5.88 Å². The molecular formula is C35H53N7OS. The Kier molecular flexibility index (Phi) is 9.78. The van der Waals surface area contributed by atoms with Gasteiger partial charge in [0.2, 0.25) is 5.88 Å². The zero-order valence-corrected chi connectivity index (χ0v) is 27.5. The lowest BCUT2D eigenvalue weighted by Gasteiger charge is -2.47. The third kappa shape index (κ3) is 7.29. The van der Waals surface area contributed by atoms with Crippen molar-refractivity contribution in [2.24, 2.45) is 17.8 Å². The predicted octanol–water partition coefficient (Wildman–Crippen LogP) is 5.91. The van der Waals surface area contributed by atoms with Crippen LogP contribution in [-0.2, 0) is 0 Å². The standard InChI is InChI=1S/C35H53N7OS/c1-35(2)20-25-15-17-29(27-10-3-4-19-36-27)38-31-12-7-14-33(41-31)44-37-21-26-16-18-30(40-34(26)42(35)22-25)28-11-6-13-32(39-28)43-23-24-8-5-9-24/h3-4,6,10-11,13,19,24-26,29-31,33-34,37-38,40-41H,5,7-9,12,14-18,20-23H2,1-2H3/t25-,26?,29+,30?,31?,33?,34?/m0/s1. The normalized spacial score (nSPS) is 36.3. The lowest BCUT2D eigenvalue weighted by molar-refractivity contribution is 0.0223. The maximum absolute atomic E-state index is 6.15. The first-order valence-corrected chi connectivity index (χ1v) is 18.3. The minimum atomic E-state index is 0.139. The van der Waals surface area contributed by atoms with Gasteiger partial charge in [0.25, 0.3) is 0 Å². The maximum Gasteiger partial charge on any atom is 0.213 e. The highest BCUT2D eigenvalue weighted by Gasteiger charge is 2.46. The number of ether oxygens (including phenoxy) is 1. The molecule has 1 saturated carbocycles. The van der Waals surface area contributed by atoms with E-state index >= 15 is 0 Å². The Balaban J connectivity index is 1.10. The molecule has 4 bridgehead atoms. The number of aromatic nitrogens is 2. The van der Waals surface area contributed by atoms with Gasteiger partial charge in [-0.1, -0.05) is 30.5 Å². The molecule has 5 fully saturated rings. The Morgan fingerprint density at radius 3 is 2.57 bits per heavy atom. The van der Waals surface area contributed by atoms with Gasteiger partial charge in [-0.25, -0.2) is 4.98 Å². The van der Waals surface area contributed by atoms with E-state index in [1.165, 1.54) is 63.5 Å². The highest BCUT2D eigenvalue weighted by molar-refractivity contribution is 7.98. The topological polar surface area (TPSA) is 86.4 Å². The summed E-state index contributed by atoms with van der Waals surface area (Å²) in [5.41, 5.74) is 2.44. The molecule has 8 atom stereocenters. The molecule has 0 amide bonds. The molecular weight excluding hydrogens is 567 g/mol. The monoisotopic (exact) mass is 619 g/mol. The molecule has 0 aromatic carbocycles. The number of hydrogen-bond donors (Lipinski definition) is 4. The van der Waals surface area contributed by atoms with Crippen LogP contribution >= 0.6 is 11.9 Å². The molecule has 0 radical (unpaired) electrons. The second-order valence-electron chi connectivity index (χ2n) is 14.7. The molecule has 4 saturated heterocycles. The van der Waals surface area contributed by atoms with E-state index < -0.39 is 0 Å². The van der Waals surface area contributed by atoms with Crippen molar-refractivity contribution >= 4 is 11.9 Å². The fourth-order valence-corrected chi connectivity index (χ4v) is 9.37. The van der Waals surface area contributed by atoms with Crippen molar-refractivity contribution < 1.29 is 4.74 Å². The average molecular weight is 620 g/mol. The SMILES string of the molecule is CC1(C)C[C@@H]2CC[C@H](c3ccccn3)NC3CCCC(N3)SNCC3CCC(c4cccc(OCC5CCC5)n4)NC3N1C2. The van der Waals surface area contributed by atoms with Crippen LogP contribution < -0.4 is 25.4 Å². The average Bonchev–Trinajstić information content (AvgIpc) is 3.32. The zero-order valence-electron chi connectivity index (χ0n) is 26.7. The first-order valence-electron chi connectivity index (χ1n) is 17.4. The molecule has 6 unspecified atom stereocenters. The Labute approximate surface area is 268 Å². The van der Waals surface area contributed by atoms with Gasteiger partial charge in [0, 0.05) is 36.8 Å². The predicted molar refractivity (Wildman–Crippen MR) is 178 cm³/mol. The van der Waals surface area contributed by atoms with Gasteiger partial charge in [-0.15, -0.1) is 0 Å². The highest BCUT2D eigenvalue weighted by Crippen LogP contribution is 2.42. The maximum atomic E-state index is 6.15. The Morgan fingerprint density at radius 1 is 0.886 bits per heavy atom. The van der Waals surface area contributed by atoms with Gasteiger partial charge < -0.3 is 4.74 Å². The van der Waals surface area contributed by atoms with Crippen molar-refractivity contribution in [3.05, 3.63) is 54.0 Å². The molecule has 8 nitrogen and oxygen atoms in total. The Morgan fingerprint density at radius 2 is 1.73 bits per heavy atom. The number of rotatable bonds is 5. The summed E-state index contributed by atoms with van der Waals surface area (Å²) in [7, 11) is 0. The number of piperidine rings is 2. The molecule has 4 N–H and O–H groups in total. The van der Waals surface area contributed by atoms with Crippen molar-refractivity contribution in [2.45, 2.75) is 120 Å². The van der Waals surface area contributed by atoms with Crippen molar-refractivity contribution in [1.82, 2.24) is 35.5 Å². The number of hydrogen-bond acceptors (Lipinski definition) is 9. The Bertz CT molecular complexity index is 1210. The summed E-state index contributed by atoms with van der Waals surface area (Å²) < 4.78 is 10.0. The van der Waals surface area contributed by atoms with E-state index in [0.717, 1.165) is 44.1 Å². The summed E-state index contributed by atoms with van der Waals surface area (Å²) in [6.45, 7) is 7.89. The third-order valence-corrected chi connectivity index (χ3v) is 12.0. The number of fused-ring (bicyclic) bond motifs is 6. The van der Waals surface area contributed by atoms with Gasteiger partial charge in [-0.3, -0.25) is 30.6 Å². The summed E-state index contributed by atoms with van der Waals surface area (Å²) in [4.78, 5) is 12.6. The fraction of sp³-hybridized carbons (Fsp3) is 0.714. The van der Waals surface area contributed by atoms with Crippen molar-refractivity contribution in [3.63, 3.8) is 0 Å². The summed E-state index contributed by atoms with van der Waals surface area (Å²) >= 11 is 1.90. The van der Waals surface area contributed by atoms with E-state index in [1.54, 1.807) is 0 Å². The van der Waals surface area contributed by atoms with Crippen LogP contribution in [0.2, 0.25) is 0 Å². The molecule has 5 aliphatic rings. The van der Waals surface area contributed by atoms with Crippen LogP contribution in [0, 0.1) is 17.8 Å². The molecule has 9 heteroatoms. The van der Waals surface area contributed by atoms with Gasteiger partial charge >= 0.3 is 0 Å². The molecule has 44 heavy (non-hydrogen) atoms. The van der Waals surface area contributed by atoms with Gasteiger partial charge in [-0.2, -0.15) is 0 Å². The van der Waals surface area contributed by atoms with Crippen molar-refractivity contribution in [3.8, 4) is 5.88 Å². The van der Waals surface area contributed by atoms with Gasteiger partial charge in [0.1, 0.15) is 0 Å². The van der Waals surface area contributed by atoms with Crippen molar-refractivity contribution in [1.29, 1.82) is 0 Å². The zero-order chi connectivity index (χ0) is 29.9. The number of nitrogens with zero attached hydrogens (tertiary/aromatic N) is 3. The molecule has 2 aromatic heterocycles. The van der Waals surface area contributed by atoms with E-state index in [0.29, 0.717) is 35.5 Å². The first kappa shape index (κ1) is 30.9. The van der Waals surface area contributed by atoms with Gasteiger partial charge in [-0.05, 0) is 108 Å². The molecule has 4 aliphatic heterocycles. The smallest absolute Gasteiger partial charge is 0.213 e. The van der Waals surface area contributed by atoms with E-state index in [2.05, 4.69) is 63.7 Å². The second kappa shape index (κ2) is 13.9. The summed E-state index contributed by atoms with van der Waals surface area (Å²) in [6, 6.07) is 13.2. The number of pyridine rings is 2. The molecule has 2 aromatic rings. The van der Waals surface area contributed by atoms with E-state index in [9.17, 15) is 0 Å². The molecule has 0 spiro atoms. The minimum Gasteiger partial charge on any atom is -0.477 e. The third-order valence-electron chi connectivity index (χ3n) is 11.0. The molecule has 7 rings (SSSR count). The first-order chi connectivity index (χ1) is 21.5. The lowest BCUT2D eigenvalue weighted by atomic mass is 9.86. The van der Waals surface area contributed by atoms with Crippen LogP contribution in [0.1, 0.15) is 108 Å². The quantitative estimate of drug-likeness (QED) is 0.305. The summed E-state index contributed by atoms with van der Waals surface area (Å²) in [5.74, 6) is 2.71. The summed E-state index contributed by atoms with van der Waals surface area (Å²) in [5, 5.41) is 12.5. The van der Waals surface area contributed by atoms with E-state index in [4.69, 9.17) is 14.7 Å². The second-order valence-corrected chi connectivity index (χ2v) is 15.8. The molecule has 1 aliphatic carbocycles. The number of nitrogens with one attached hydrogen (secondary N) is 4. The highest BCUT2D eigenvalue weighted by atomic mass is 32.2. The van der Waals surface area contributed by atoms with E-state index in [1.807, 2.05) is 30.3 Å². The van der Waals surface area contributed by atoms with Crippen molar-refractivity contribution in [2.75, 3.05) is 19.7 Å². The fourth-order valence-electron chi connectivity index (χ4n) is 8.34. The van der Waals surface area contributed by atoms with Crippen LogP contribution in [0.15, 0.2) is 42.6 Å². The summed E-state index contributed by atoms with van der Waals surface area (Å²) in [6.07, 6.45) is 16.0. The van der Waals surface area contributed by atoms with E-state index in [-0.39, 0.29) is 17.6 Å². The molecule has 240 valence electrons. The van der Waals surface area contributed by atoms with Crippen LogP contribution in [-0.4, -0.2) is 57.8 Å². The van der Waals surface area contributed by atoms with Gasteiger partial charge in [0.05, 0.1) is 47.8 Å². The largest absolute Gasteiger partial charge is 0.477 e. The minimum absolute atomic E-state index is 0.139. The van der Waals surface area contributed by atoms with Gasteiger partial charge in [0.15, 0.2) is 0 Å². The van der Waals surface area contributed by atoms with Crippen LogP contribution in [0.3, 0.4) is 0 Å².